The van der Waals surface area contributed by atoms with E-state index in [1.165, 1.54) is 19.2 Å². The summed E-state index contributed by atoms with van der Waals surface area (Å²) in [4.78, 5) is 7.67. The zero-order chi connectivity index (χ0) is 15.6. The summed E-state index contributed by atoms with van der Waals surface area (Å²) in [5.41, 5.74) is 4.90. The molecule has 0 unspecified atom stereocenters. The van der Waals surface area contributed by atoms with Crippen LogP contribution in [0.3, 0.4) is 0 Å². The first-order valence-electron chi connectivity index (χ1n) is 5.62. The van der Waals surface area contributed by atoms with Crippen LogP contribution in [-0.4, -0.2) is 17.1 Å². The van der Waals surface area contributed by atoms with Gasteiger partial charge in [0, 0.05) is 6.07 Å². The van der Waals surface area contributed by atoms with Crippen molar-refractivity contribution in [3.63, 3.8) is 0 Å². The summed E-state index contributed by atoms with van der Waals surface area (Å²) in [5, 5.41) is 2.66. The van der Waals surface area contributed by atoms with Crippen LogP contribution in [-0.2, 0) is 6.18 Å². The van der Waals surface area contributed by atoms with Crippen molar-refractivity contribution in [1.29, 1.82) is 0 Å². The standard InChI is InChI=1S/C12H10ClF3N4O/c1-21-10-5-9(19-11(17)20-10)18-8-3-2-6(4-7(8)13)12(14,15)16/h2-5H,1H3,(H3,17,18,19,20). The van der Waals surface area contributed by atoms with Crippen LogP contribution in [0, 0.1) is 0 Å². The van der Waals surface area contributed by atoms with Crippen LogP contribution in [0.5, 0.6) is 5.88 Å². The van der Waals surface area contributed by atoms with E-state index in [1.54, 1.807) is 0 Å². The number of ether oxygens (including phenoxy) is 1. The molecule has 1 aromatic heterocycles. The van der Waals surface area contributed by atoms with Gasteiger partial charge in [-0.3, -0.25) is 0 Å². The Labute approximate surface area is 122 Å². The van der Waals surface area contributed by atoms with Gasteiger partial charge >= 0.3 is 6.18 Å². The predicted octanol–water partition coefficient (Wildman–Crippen LogP) is 3.48. The largest absolute Gasteiger partial charge is 0.481 e. The minimum Gasteiger partial charge on any atom is -0.481 e. The maximum Gasteiger partial charge on any atom is 0.416 e. The summed E-state index contributed by atoms with van der Waals surface area (Å²) < 4.78 is 42.6. The SMILES string of the molecule is COc1cc(Nc2ccc(C(F)(F)F)cc2Cl)nc(N)n1. The Morgan fingerprint density at radius 3 is 2.52 bits per heavy atom. The topological polar surface area (TPSA) is 73.1 Å². The molecule has 0 saturated carbocycles. The molecule has 0 bridgehead atoms. The first kappa shape index (κ1) is 15.2. The van der Waals surface area contributed by atoms with Crippen LogP contribution in [0.1, 0.15) is 5.56 Å². The second-order valence-corrected chi connectivity index (χ2v) is 4.38. The summed E-state index contributed by atoms with van der Waals surface area (Å²) >= 11 is 5.83. The number of anilines is 3. The van der Waals surface area contributed by atoms with Gasteiger partial charge in [-0.1, -0.05) is 11.6 Å². The molecule has 0 amide bonds. The molecule has 5 nitrogen and oxygen atoms in total. The molecule has 2 rings (SSSR count). The van der Waals surface area contributed by atoms with E-state index in [9.17, 15) is 13.2 Å². The van der Waals surface area contributed by atoms with Gasteiger partial charge in [-0.15, -0.1) is 0 Å². The third kappa shape index (κ3) is 3.66. The van der Waals surface area contributed by atoms with E-state index in [-0.39, 0.29) is 28.4 Å². The fourth-order valence-electron chi connectivity index (χ4n) is 1.54. The van der Waals surface area contributed by atoms with E-state index in [1.807, 2.05) is 0 Å². The predicted molar refractivity (Wildman–Crippen MR) is 72.7 cm³/mol. The van der Waals surface area contributed by atoms with Gasteiger partial charge in [0.25, 0.3) is 0 Å². The van der Waals surface area contributed by atoms with Gasteiger partial charge in [0.05, 0.1) is 23.4 Å². The summed E-state index contributed by atoms with van der Waals surface area (Å²) in [7, 11) is 1.40. The molecule has 21 heavy (non-hydrogen) atoms. The highest BCUT2D eigenvalue weighted by atomic mass is 35.5. The highest BCUT2D eigenvalue weighted by molar-refractivity contribution is 6.33. The Kier molecular flexibility index (Phi) is 4.08. The lowest BCUT2D eigenvalue weighted by Gasteiger charge is -2.12. The van der Waals surface area contributed by atoms with Crippen LogP contribution >= 0.6 is 11.6 Å². The lowest BCUT2D eigenvalue weighted by Crippen LogP contribution is -2.06. The lowest BCUT2D eigenvalue weighted by atomic mass is 10.2. The molecular formula is C12H10ClF3N4O. The quantitative estimate of drug-likeness (QED) is 0.906. The van der Waals surface area contributed by atoms with Crippen molar-refractivity contribution in [3.05, 3.63) is 34.9 Å². The Bertz CT molecular complexity index is 663. The third-order valence-corrected chi connectivity index (χ3v) is 2.80. The van der Waals surface area contributed by atoms with Crippen LogP contribution in [0.2, 0.25) is 5.02 Å². The summed E-state index contributed by atoms with van der Waals surface area (Å²) in [6.07, 6.45) is -4.45. The molecule has 3 N–H and O–H groups in total. The Morgan fingerprint density at radius 2 is 1.95 bits per heavy atom. The van der Waals surface area contributed by atoms with Crippen LogP contribution in [0.4, 0.5) is 30.6 Å². The number of rotatable bonds is 3. The second kappa shape index (κ2) is 5.65. The van der Waals surface area contributed by atoms with Crippen molar-refractivity contribution in [2.75, 3.05) is 18.2 Å². The molecule has 9 heteroatoms. The van der Waals surface area contributed by atoms with Gasteiger partial charge in [-0.05, 0) is 18.2 Å². The maximum absolute atomic E-state index is 12.5. The van der Waals surface area contributed by atoms with Crippen molar-refractivity contribution >= 4 is 29.1 Å². The van der Waals surface area contributed by atoms with E-state index < -0.39 is 11.7 Å². The van der Waals surface area contributed by atoms with Gasteiger partial charge in [0.2, 0.25) is 11.8 Å². The Hall–Kier alpha value is -2.22. The van der Waals surface area contributed by atoms with Gasteiger partial charge < -0.3 is 15.8 Å². The van der Waals surface area contributed by atoms with E-state index >= 15 is 0 Å². The highest BCUT2D eigenvalue weighted by Gasteiger charge is 2.30. The smallest absolute Gasteiger partial charge is 0.416 e. The molecule has 2 aromatic rings. The maximum atomic E-state index is 12.5. The normalized spacial score (nSPS) is 11.3. The average Bonchev–Trinajstić information content (AvgIpc) is 2.39. The van der Waals surface area contributed by atoms with Gasteiger partial charge in [0.15, 0.2) is 0 Å². The monoisotopic (exact) mass is 318 g/mol. The van der Waals surface area contributed by atoms with E-state index in [2.05, 4.69) is 15.3 Å². The van der Waals surface area contributed by atoms with Crippen molar-refractivity contribution in [1.82, 2.24) is 9.97 Å². The number of hydrogen-bond donors (Lipinski definition) is 2. The van der Waals surface area contributed by atoms with E-state index in [0.29, 0.717) is 0 Å². The van der Waals surface area contributed by atoms with Crippen molar-refractivity contribution < 1.29 is 17.9 Å². The zero-order valence-corrected chi connectivity index (χ0v) is 11.5. The molecule has 0 radical (unpaired) electrons. The summed E-state index contributed by atoms with van der Waals surface area (Å²) in [5.74, 6) is 0.425. The molecule has 0 saturated heterocycles. The van der Waals surface area contributed by atoms with Crippen LogP contribution < -0.4 is 15.8 Å². The second-order valence-electron chi connectivity index (χ2n) is 3.97. The fraction of sp³-hybridized carbons (Fsp3) is 0.167. The molecular weight excluding hydrogens is 309 g/mol. The molecule has 0 fully saturated rings. The number of nitrogen functional groups attached to an aromatic ring is 1. The van der Waals surface area contributed by atoms with E-state index in [4.69, 9.17) is 22.1 Å². The number of nitrogens with one attached hydrogen (secondary N) is 1. The number of methoxy groups -OCH3 is 1. The minimum absolute atomic E-state index is 0.0418. The number of alkyl halides is 3. The first-order chi connectivity index (χ1) is 9.79. The molecule has 0 aliphatic carbocycles. The first-order valence-corrected chi connectivity index (χ1v) is 5.99. The molecule has 0 atom stereocenters. The van der Waals surface area contributed by atoms with E-state index in [0.717, 1.165) is 12.1 Å². The lowest BCUT2D eigenvalue weighted by molar-refractivity contribution is -0.137. The van der Waals surface area contributed by atoms with Crippen molar-refractivity contribution in [2.45, 2.75) is 6.18 Å². The Morgan fingerprint density at radius 1 is 1.24 bits per heavy atom. The van der Waals surface area contributed by atoms with Gasteiger partial charge in [0.1, 0.15) is 5.82 Å². The van der Waals surface area contributed by atoms with Crippen LogP contribution in [0.15, 0.2) is 24.3 Å². The molecule has 0 aliphatic heterocycles. The minimum atomic E-state index is -4.45. The highest BCUT2D eigenvalue weighted by Crippen LogP contribution is 2.34. The number of nitrogens with zero attached hydrogens (tertiary/aromatic N) is 2. The summed E-state index contributed by atoms with van der Waals surface area (Å²) in [6.45, 7) is 0. The van der Waals surface area contributed by atoms with Gasteiger partial charge in [-0.2, -0.15) is 23.1 Å². The number of nitrogens with two attached hydrogens (primary N) is 1. The molecule has 1 aromatic carbocycles. The molecule has 0 spiro atoms. The van der Waals surface area contributed by atoms with Gasteiger partial charge in [-0.25, -0.2) is 0 Å². The number of aromatic nitrogens is 2. The third-order valence-electron chi connectivity index (χ3n) is 2.49. The summed E-state index contributed by atoms with van der Waals surface area (Å²) in [6, 6.07) is 4.38. The molecule has 1 heterocycles. The number of halogens is 4. The number of benzene rings is 1. The Balaban J connectivity index is 2.30. The zero-order valence-electron chi connectivity index (χ0n) is 10.7. The molecule has 112 valence electrons. The van der Waals surface area contributed by atoms with Crippen molar-refractivity contribution in [3.8, 4) is 5.88 Å². The average molecular weight is 319 g/mol. The number of hydrogen-bond acceptors (Lipinski definition) is 5. The fourth-order valence-corrected chi connectivity index (χ4v) is 1.77. The molecule has 0 aliphatic rings. The van der Waals surface area contributed by atoms with Crippen LogP contribution in [0.25, 0.3) is 0 Å². The van der Waals surface area contributed by atoms with Crippen molar-refractivity contribution in [2.24, 2.45) is 0 Å².